The molecule has 0 unspecified atom stereocenters. The number of nitrogens with one attached hydrogen (secondary N) is 1. The highest BCUT2D eigenvalue weighted by molar-refractivity contribution is 6.76. The van der Waals surface area contributed by atoms with Crippen LogP contribution in [0.5, 0.6) is 0 Å². The van der Waals surface area contributed by atoms with Crippen molar-refractivity contribution in [3.63, 3.8) is 0 Å². The number of benzene rings is 2. The van der Waals surface area contributed by atoms with Gasteiger partial charge in [0.25, 0.3) is 0 Å². The Balaban J connectivity index is 2.57. The Labute approximate surface area is 154 Å². The van der Waals surface area contributed by atoms with Gasteiger partial charge in [-0.25, -0.2) is 0 Å². The number of rotatable bonds is 6. The van der Waals surface area contributed by atoms with Gasteiger partial charge in [-0.05, 0) is 36.8 Å². The molecule has 0 radical (unpaired) electrons. The van der Waals surface area contributed by atoms with Gasteiger partial charge < -0.3 is 9.64 Å². The fourth-order valence-corrected chi connectivity index (χ4v) is 4.44. The normalized spacial score (nSPS) is 13.7. The lowest BCUT2D eigenvalue weighted by atomic mass is 10.1. The number of allylic oxidation sites excluding steroid dienone is 1. The number of nitrogens with zero attached hydrogens (tertiary/aromatic N) is 1. The zero-order valence-corrected chi connectivity index (χ0v) is 18.3. The van der Waals surface area contributed by atoms with E-state index in [0.717, 1.165) is 5.71 Å². The summed E-state index contributed by atoms with van der Waals surface area (Å²) in [6.45, 7) is 13.8. The van der Waals surface area contributed by atoms with Gasteiger partial charge in [-0.2, -0.15) is 0 Å². The van der Waals surface area contributed by atoms with Crippen LogP contribution in [0, 0.1) is 0 Å². The summed E-state index contributed by atoms with van der Waals surface area (Å²) < 4.78 is 5.13. The molecule has 2 aromatic rings. The summed E-state index contributed by atoms with van der Waals surface area (Å²) in [4.78, 5) is 3.79. The molecular weight excluding hydrogens is 336 g/mol. The summed E-state index contributed by atoms with van der Waals surface area (Å²) in [6.07, 6.45) is 2.24. The summed E-state index contributed by atoms with van der Waals surface area (Å²) >= 11 is 0. The smallest absolute Gasteiger partial charge is 0.173 e. The summed E-state index contributed by atoms with van der Waals surface area (Å²) in [7, 11) is -3.09. The molecule has 1 N–H and O–H groups in total. The van der Waals surface area contributed by atoms with Gasteiger partial charge in [0.2, 0.25) is 0 Å². The molecule has 0 aliphatic rings. The van der Waals surface area contributed by atoms with Gasteiger partial charge in [0.05, 0.1) is 5.71 Å². The van der Waals surface area contributed by atoms with Crippen LogP contribution in [0.1, 0.15) is 11.1 Å². The second-order valence-corrected chi connectivity index (χ2v) is 17.6. The van der Waals surface area contributed by atoms with E-state index < -0.39 is 16.5 Å². The van der Waals surface area contributed by atoms with E-state index in [2.05, 4.69) is 111 Å². The summed E-state index contributed by atoms with van der Waals surface area (Å²) in [5.74, 6) is 0. The first-order valence-corrected chi connectivity index (χ1v) is 15.8. The standard InChI is InChI=1S/C21H30N2Si2/c1-24(2,3)22-20(18-13-9-7-10-14-18)17-21(23-25(4,5)6)19-15-11-8-12-16-19/h7-17,22H,1-6H3/b20-17+,23-21-. The Hall–Kier alpha value is -1.92. The molecule has 4 heteroatoms. The van der Waals surface area contributed by atoms with Crippen LogP contribution >= 0.6 is 0 Å². The van der Waals surface area contributed by atoms with Gasteiger partial charge in [0, 0.05) is 5.70 Å². The molecule has 0 saturated heterocycles. The van der Waals surface area contributed by atoms with E-state index in [1.807, 2.05) is 0 Å². The van der Waals surface area contributed by atoms with Crippen molar-refractivity contribution < 1.29 is 0 Å². The van der Waals surface area contributed by atoms with Crippen LogP contribution in [0.15, 0.2) is 71.4 Å². The van der Waals surface area contributed by atoms with Crippen molar-refractivity contribution in [2.45, 2.75) is 39.3 Å². The van der Waals surface area contributed by atoms with E-state index in [1.54, 1.807) is 0 Å². The first kappa shape index (κ1) is 19.4. The van der Waals surface area contributed by atoms with Crippen molar-refractivity contribution in [3.8, 4) is 0 Å². The molecule has 2 aromatic carbocycles. The molecule has 0 spiro atoms. The zero-order valence-electron chi connectivity index (χ0n) is 16.3. The van der Waals surface area contributed by atoms with E-state index in [4.69, 9.17) is 4.66 Å². The van der Waals surface area contributed by atoms with E-state index >= 15 is 0 Å². The Bertz CT molecular complexity index is 737. The number of hydrogen-bond donors (Lipinski definition) is 1. The van der Waals surface area contributed by atoms with Gasteiger partial charge in [0.15, 0.2) is 8.24 Å². The topological polar surface area (TPSA) is 24.4 Å². The van der Waals surface area contributed by atoms with Gasteiger partial charge in [-0.1, -0.05) is 80.3 Å². The third-order valence-corrected chi connectivity index (χ3v) is 5.33. The van der Waals surface area contributed by atoms with Gasteiger partial charge in [-0.3, -0.25) is 0 Å². The molecule has 0 aliphatic carbocycles. The van der Waals surface area contributed by atoms with Crippen molar-refractivity contribution in [3.05, 3.63) is 77.9 Å². The molecule has 0 saturated carbocycles. The van der Waals surface area contributed by atoms with Crippen molar-refractivity contribution in [2.75, 3.05) is 0 Å². The minimum Gasteiger partial charge on any atom is -0.410 e. The quantitative estimate of drug-likeness (QED) is 0.509. The molecule has 0 aromatic heterocycles. The Morgan fingerprint density at radius 1 is 0.760 bits per heavy atom. The molecule has 0 bridgehead atoms. The monoisotopic (exact) mass is 366 g/mol. The fraction of sp³-hybridized carbons (Fsp3) is 0.286. The highest BCUT2D eigenvalue weighted by Crippen LogP contribution is 2.18. The third-order valence-electron chi connectivity index (χ3n) is 3.40. The Kier molecular flexibility index (Phi) is 6.19. The molecule has 0 atom stereocenters. The fourth-order valence-electron chi connectivity index (χ4n) is 2.50. The van der Waals surface area contributed by atoms with Crippen LogP contribution < -0.4 is 4.98 Å². The van der Waals surface area contributed by atoms with E-state index in [-0.39, 0.29) is 0 Å². The predicted octanol–water partition coefficient (Wildman–Crippen LogP) is 5.78. The summed E-state index contributed by atoms with van der Waals surface area (Å²) in [5.41, 5.74) is 4.63. The van der Waals surface area contributed by atoms with Crippen LogP contribution in [-0.2, 0) is 0 Å². The molecule has 0 aliphatic heterocycles. The largest absolute Gasteiger partial charge is 0.410 e. The van der Waals surface area contributed by atoms with Crippen LogP contribution in [0.4, 0.5) is 0 Å². The molecule has 0 fully saturated rings. The minimum atomic E-state index is -1.60. The second-order valence-electron chi connectivity index (χ2n) is 8.33. The van der Waals surface area contributed by atoms with E-state index in [9.17, 15) is 0 Å². The molecular formula is C21H30N2Si2. The molecule has 132 valence electrons. The van der Waals surface area contributed by atoms with Crippen molar-refractivity contribution >= 4 is 27.9 Å². The average molecular weight is 367 g/mol. The van der Waals surface area contributed by atoms with Crippen molar-refractivity contribution in [1.29, 1.82) is 0 Å². The molecule has 2 rings (SSSR count). The first-order valence-electron chi connectivity index (χ1n) is 8.85. The molecule has 25 heavy (non-hydrogen) atoms. The van der Waals surface area contributed by atoms with E-state index in [0.29, 0.717) is 0 Å². The van der Waals surface area contributed by atoms with Crippen molar-refractivity contribution in [2.24, 2.45) is 4.66 Å². The van der Waals surface area contributed by atoms with Gasteiger partial charge >= 0.3 is 0 Å². The van der Waals surface area contributed by atoms with Gasteiger partial charge in [0.1, 0.15) is 8.24 Å². The van der Waals surface area contributed by atoms with Crippen LogP contribution in [-0.4, -0.2) is 22.2 Å². The molecule has 0 amide bonds. The lowest BCUT2D eigenvalue weighted by Gasteiger charge is -2.23. The minimum absolute atomic E-state index is 1.07. The molecule has 2 nitrogen and oxygen atoms in total. The maximum Gasteiger partial charge on any atom is 0.173 e. The lowest BCUT2D eigenvalue weighted by Crippen LogP contribution is -2.40. The number of hydrogen-bond acceptors (Lipinski definition) is 2. The zero-order chi connectivity index (χ0) is 18.5. The Morgan fingerprint density at radius 2 is 1.24 bits per heavy atom. The SMILES string of the molecule is C[Si](C)(C)/N=C(/C=C(/N[Si](C)(C)C)c1ccccc1)c1ccccc1. The highest BCUT2D eigenvalue weighted by atomic mass is 28.3. The summed E-state index contributed by atoms with van der Waals surface area (Å²) in [5, 5.41) is 0. The van der Waals surface area contributed by atoms with Crippen LogP contribution in [0.3, 0.4) is 0 Å². The lowest BCUT2D eigenvalue weighted by molar-refractivity contribution is 1.27. The summed E-state index contributed by atoms with van der Waals surface area (Å²) in [6, 6.07) is 21.1. The molecule has 0 heterocycles. The Morgan fingerprint density at radius 3 is 1.68 bits per heavy atom. The maximum atomic E-state index is 5.13. The van der Waals surface area contributed by atoms with E-state index in [1.165, 1.54) is 16.8 Å². The van der Waals surface area contributed by atoms with Crippen LogP contribution in [0.2, 0.25) is 39.3 Å². The predicted molar refractivity (Wildman–Crippen MR) is 117 cm³/mol. The highest BCUT2D eigenvalue weighted by Gasteiger charge is 2.18. The third kappa shape index (κ3) is 6.84. The van der Waals surface area contributed by atoms with Crippen molar-refractivity contribution in [1.82, 2.24) is 4.98 Å². The maximum absolute atomic E-state index is 5.13. The van der Waals surface area contributed by atoms with Gasteiger partial charge in [-0.15, -0.1) is 0 Å². The average Bonchev–Trinajstić information content (AvgIpc) is 2.53. The first-order chi connectivity index (χ1) is 11.6. The van der Waals surface area contributed by atoms with Crippen LogP contribution in [0.25, 0.3) is 5.70 Å². The second kappa shape index (κ2) is 7.98.